The largest absolute Gasteiger partial charge is 0.355 e. The van der Waals surface area contributed by atoms with Crippen LogP contribution in [0.4, 0.5) is 0 Å². The van der Waals surface area contributed by atoms with Gasteiger partial charge in [0, 0.05) is 38.3 Å². The molecule has 1 saturated carbocycles. The Labute approximate surface area is 117 Å². The van der Waals surface area contributed by atoms with Crippen LogP contribution in [0.15, 0.2) is 17.1 Å². The van der Waals surface area contributed by atoms with Crippen molar-refractivity contribution < 1.29 is 0 Å². The number of hydrogen-bond acceptors (Lipinski definition) is 2. The van der Waals surface area contributed by atoms with E-state index in [2.05, 4.69) is 46.5 Å². The van der Waals surface area contributed by atoms with E-state index in [1.807, 2.05) is 7.05 Å². The van der Waals surface area contributed by atoms with Crippen molar-refractivity contribution in [3.63, 3.8) is 0 Å². The maximum atomic E-state index is 4.30. The Morgan fingerprint density at radius 2 is 2.00 bits per heavy atom. The average molecular weight is 264 g/mol. The molecule has 2 rings (SSSR count). The van der Waals surface area contributed by atoms with E-state index in [9.17, 15) is 0 Å². The van der Waals surface area contributed by atoms with Crippen molar-refractivity contribution in [2.24, 2.45) is 4.99 Å². The molecule has 0 aromatic rings. The van der Waals surface area contributed by atoms with E-state index in [0.29, 0.717) is 12.1 Å². The van der Waals surface area contributed by atoms with Crippen molar-refractivity contribution in [1.82, 2.24) is 15.5 Å². The Morgan fingerprint density at radius 1 is 1.32 bits per heavy atom. The first-order valence-corrected chi connectivity index (χ1v) is 7.58. The molecule has 0 saturated heterocycles. The van der Waals surface area contributed by atoms with Gasteiger partial charge in [0.15, 0.2) is 5.96 Å². The van der Waals surface area contributed by atoms with Crippen molar-refractivity contribution in [3.05, 3.63) is 12.2 Å². The molecule has 0 amide bonds. The summed E-state index contributed by atoms with van der Waals surface area (Å²) in [6, 6.07) is 2.00. The molecule has 2 aliphatic carbocycles. The van der Waals surface area contributed by atoms with Crippen LogP contribution in [0, 0.1) is 0 Å². The summed E-state index contributed by atoms with van der Waals surface area (Å²) in [5, 5.41) is 6.91. The van der Waals surface area contributed by atoms with Crippen LogP contribution in [-0.4, -0.2) is 49.1 Å². The third-order valence-corrected chi connectivity index (χ3v) is 3.91. The maximum Gasteiger partial charge on any atom is 0.191 e. The van der Waals surface area contributed by atoms with Crippen LogP contribution in [0.25, 0.3) is 0 Å². The monoisotopic (exact) mass is 264 g/mol. The van der Waals surface area contributed by atoms with Gasteiger partial charge in [-0.2, -0.15) is 0 Å². The summed E-state index contributed by atoms with van der Waals surface area (Å²) in [5.41, 5.74) is 0. The molecule has 0 unspecified atom stereocenters. The van der Waals surface area contributed by atoms with Crippen LogP contribution in [0.5, 0.6) is 0 Å². The number of aliphatic imine (C=N–C) groups is 1. The standard InChI is InChI=1S/C15H28N4/c1-12(2)19(14-8-9-14)11-10-17-15(16-3)18-13-6-4-5-7-13/h4-5,12-14H,6-11H2,1-3H3,(H2,16,17,18). The normalized spacial score (nSPS) is 20.6. The lowest BCUT2D eigenvalue weighted by atomic mass is 10.2. The minimum absolute atomic E-state index is 0.524. The predicted molar refractivity (Wildman–Crippen MR) is 81.5 cm³/mol. The van der Waals surface area contributed by atoms with Crippen LogP contribution >= 0.6 is 0 Å². The summed E-state index contributed by atoms with van der Waals surface area (Å²) in [5.74, 6) is 0.938. The van der Waals surface area contributed by atoms with E-state index < -0.39 is 0 Å². The van der Waals surface area contributed by atoms with Gasteiger partial charge in [-0.15, -0.1) is 0 Å². The lowest BCUT2D eigenvalue weighted by molar-refractivity contribution is 0.215. The molecule has 0 aromatic carbocycles. The molecular formula is C15H28N4. The van der Waals surface area contributed by atoms with Crippen molar-refractivity contribution in [1.29, 1.82) is 0 Å². The summed E-state index contributed by atoms with van der Waals surface area (Å²) in [7, 11) is 1.85. The lowest BCUT2D eigenvalue weighted by Gasteiger charge is -2.27. The summed E-state index contributed by atoms with van der Waals surface area (Å²) in [6.07, 6.45) is 9.44. The third kappa shape index (κ3) is 4.53. The van der Waals surface area contributed by atoms with Gasteiger partial charge in [0.25, 0.3) is 0 Å². The van der Waals surface area contributed by atoms with Crippen molar-refractivity contribution >= 4 is 5.96 Å². The fraction of sp³-hybridized carbons (Fsp3) is 0.800. The molecule has 0 aliphatic heterocycles. The molecule has 0 spiro atoms. The van der Waals surface area contributed by atoms with Crippen molar-refractivity contribution in [2.75, 3.05) is 20.1 Å². The summed E-state index contributed by atoms with van der Waals surface area (Å²) in [6.45, 7) is 6.64. The smallest absolute Gasteiger partial charge is 0.191 e. The molecule has 0 atom stereocenters. The van der Waals surface area contributed by atoms with Gasteiger partial charge < -0.3 is 10.6 Å². The van der Waals surface area contributed by atoms with Gasteiger partial charge in [0.05, 0.1) is 0 Å². The zero-order chi connectivity index (χ0) is 13.7. The average Bonchev–Trinajstić information content (AvgIpc) is 3.09. The van der Waals surface area contributed by atoms with E-state index in [4.69, 9.17) is 0 Å². The van der Waals surface area contributed by atoms with Crippen LogP contribution in [0.2, 0.25) is 0 Å². The van der Waals surface area contributed by atoms with Gasteiger partial charge in [-0.05, 0) is 39.5 Å². The summed E-state index contributed by atoms with van der Waals surface area (Å²) >= 11 is 0. The van der Waals surface area contributed by atoms with Crippen LogP contribution < -0.4 is 10.6 Å². The number of hydrogen-bond donors (Lipinski definition) is 2. The molecule has 2 aliphatic rings. The van der Waals surface area contributed by atoms with Crippen LogP contribution in [0.3, 0.4) is 0 Å². The highest BCUT2D eigenvalue weighted by atomic mass is 15.2. The lowest BCUT2D eigenvalue weighted by Crippen LogP contribution is -2.46. The molecular weight excluding hydrogens is 236 g/mol. The summed E-state index contributed by atoms with van der Waals surface area (Å²) < 4.78 is 0. The van der Waals surface area contributed by atoms with Crippen molar-refractivity contribution in [3.8, 4) is 0 Å². The molecule has 0 radical (unpaired) electrons. The Morgan fingerprint density at radius 3 is 2.53 bits per heavy atom. The maximum absolute atomic E-state index is 4.30. The fourth-order valence-corrected chi connectivity index (χ4v) is 2.70. The molecule has 19 heavy (non-hydrogen) atoms. The first-order valence-electron chi connectivity index (χ1n) is 7.58. The van der Waals surface area contributed by atoms with Gasteiger partial charge in [0.2, 0.25) is 0 Å². The number of nitrogens with zero attached hydrogens (tertiary/aromatic N) is 2. The van der Waals surface area contributed by atoms with E-state index in [0.717, 1.165) is 37.9 Å². The molecule has 4 heteroatoms. The molecule has 4 nitrogen and oxygen atoms in total. The molecule has 0 aromatic heterocycles. The van der Waals surface area contributed by atoms with Crippen molar-refractivity contribution in [2.45, 2.75) is 57.7 Å². The second-order valence-electron chi connectivity index (χ2n) is 5.85. The Bertz CT molecular complexity index is 321. The van der Waals surface area contributed by atoms with E-state index in [-0.39, 0.29) is 0 Å². The minimum atomic E-state index is 0.524. The second-order valence-corrected chi connectivity index (χ2v) is 5.85. The highest BCUT2D eigenvalue weighted by molar-refractivity contribution is 5.80. The summed E-state index contributed by atoms with van der Waals surface area (Å²) in [4.78, 5) is 6.90. The Kier molecular flexibility index (Phi) is 5.25. The molecule has 0 bridgehead atoms. The van der Waals surface area contributed by atoms with Gasteiger partial charge in [-0.3, -0.25) is 9.89 Å². The van der Waals surface area contributed by atoms with E-state index in [1.54, 1.807) is 0 Å². The predicted octanol–water partition coefficient (Wildman–Crippen LogP) is 1.74. The first kappa shape index (κ1) is 14.4. The van der Waals surface area contributed by atoms with Gasteiger partial charge in [-0.1, -0.05) is 12.2 Å². The fourth-order valence-electron chi connectivity index (χ4n) is 2.70. The number of guanidine groups is 1. The molecule has 0 heterocycles. The second kappa shape index (κ2) is 6.94. The topological polar surface area (TPSA) is 39.7 Å². The SMILES string of the molecule is CN=C(NCCN(C(C)C)C1CC1)NC1CC=CC1. The highest BCUT2D eigenvalue weighted by Crippen LogP contribution is 2.27. The van der Waals surface area contributed by atoms with Gasteiger partial charge in [-0.25, -0.2) is 0 Å². The zero-order valence-corrected chi connectivity index (χ0v) is 12.5. The molecule has 2 N–H and O–H groups in total. The highest BCUT2D eigenvalue weighted by Gasteiger charge is 2.30. The first-order chi connectivity index (χ1) is 9.20. The number of rotatable bonds is 6. The van der Waals surface area contributed by atoms with Gasteiger partial charge >= 0.3 is 0 Å². The van der Waals surface area contributed by atoms with E-state index >= 15 is 0 Å². The quantitative estimate of drug-likeness (QED) is 0.436. The Hall–Kier alpha value is -1.03. The number of nitrogens with one attached hydrogen (secondary N) is 2. The zero-order valence-electron chi connectivity index (χ0n) is 12.5. The molecule has 108 valence electrons. The van der Waals surface area contributed by atoms with Gasteiger partial charge in [0.1, 0.15) is 0 Å². The minimum Gasteiger partial charge on any atom is -0.355 e. The molecule has 1 fully saturated rings. The van der Waals surface area contributed by atoms with Crippen LogP contribution in [-0.2, 0) is 0 Å². The van der Waals surface area contributed by atoms with E-state index in [1.165, 1.54) is 12.8 Å². The third-order valence-electron chi connectivity index (χ3n) is 3.91. The van der Waals surface area contributed by atoms with Crippen LogP contribution in [0.1, 0.15) is 39.5 Å². The Balaban J connectivity index is 1.67.